The summed E-state index contributed by atoms with van der Waals surface area (Å²) in [4.78, 5) is 9.76. The zero-order valence-corrected chi connectivity index (χ0v) is 10.9. The second-order valence-electron chi connectivity index (χ2n) is 4.44. The van der Waals surface area contributed by atoms with Gasteiger partial charge in [-0.25, -0.2) is 0 Å². The van der Waals surface area contributed by atoms with E-state index in [9.17, 15) is 19.6 Å². The van der Waals surface area contributed by atoms with Gasteiger partial charge in [0.05, 0.1) is 23.8 Å². The van der Waals surface area contributed by atoms with E-state index in [0.717, 1.165) is 12.1 Å². The Morgan fingerprint density at radius 3 is 2.90 bits per heavy atom. The number of rotatable bonds is 5. The van der Waals surface area contributed by atoms with E-state index in [0.29, 0.717) is 17.5 Å². The molecule has 0 amide bonds. The average molecular weight is 279 g/mol. The molecule has 0 bridgehead atoms. The number of benzene rings is 1. The minimum atomic E-state index is -0.867. The third-order valence-corrected chi connectivity index (χ3v) is 2.98. The second-order valence-corrected chi connectivity index (χ2v) is 4.44. The van der Waals surface area contributed by atoms with E-state index in [2.05, 4.69) is 5.10 Å². The molecule has 6 nitrogen and oxygen atoms in total. The van der Waals surface area contributed by atoms with Crippen molar-refractivity contribution in [3.63, 3.8) is 0 Å². The molecule has 0 spiro atoms. The fraction of sp³-hybridized carbons (Fsp3) is 0.308. The molecule has 0 aliphatic heterocycles. The van der Waals surface area contributed by atoms with Crippen LogP contribution in [0, 0.1) is 15.9 Å². The highest BCUT2D eigenvalue weighted by molar-refractivity contribution is 5.35. The van der Waals surface area contributed by atoms with Gasteiger partial charge in [0, 0.05) is 17.8 Å². The van der Waals surface area contributed by atoms with Crippen molar-refractivity contribution in [2.75, 3.05) is 0 Å². The number of hydrogen-bond donors (Lipinski definition) is 1. The van der Waals surface area contributed by atoms with Gasteiger partial charge >= 0.3 is 5.69 Å². The van der Waals surface area contributed by atoms with Crippen LogP contribution in [-0.4, -0.2) is 19.8 Å². The summed E-state index contributed by atoms with van der Waals surface area (Å²) in [6.07, 6.45) is 3.23. The maximum absolute atomic E-state index is 13.5. The standard InChI is InChI=1S/C13H14FN3O3/c1-2-13(18)10-6-15-16(8-10)7-9-3-4-12(17(19)20)11(14)5-9/h3-6,8,13,18H,2,7H2,1H3. The predicted molar refractivity (Wildman–Crippen MR) is 69.6 cm³/mol. The Morgan fingerprint density at radius 2 is 2.30 bits per heavy atom. The van der Waals surface area contributed by atoms with Gasteiger partial charge in [0.15, 0.2) is 0 Å². The third-order valence-electron chi connectivity index (χ3n) is 2.98. The molecule has 1 aromatic heterocycles. The lowest BCUT2D eigenvalue weighted by Crippen LogP contribution is -2.02. The van der Waals surface area contributed by atoms with Crippen LogP contribution in [-0.2, 0) is 6.54 Å². The van der Waals surface area contributed by atoms with Crippen LogP contribution < -0.4 is 0 Å². The lowest BCUT2D eigenvalue weighted by atomic mass is 10.1. The van der Waals surface area contributed by atoms with E-state index in [1.165, 1.54) is 6.07 Å². The Labute approximate surface area is 114 Å². The number of aliphatic hydroxyl groups is 1. The summed E-state index contributed by atoms with van der Waals surface area (Å²) in [6.45, 7) is 2.14. The lowest BCUT2D eigenvalue weighted by Gasteiger charge is -2.04. The molecule has 1 heterocycles. The first-order valence-corrected chi connectivity index (χ1v) is 6.14. The number of nitrogens with zero attached hydrogens (tertiary/aromatic N) is 3. The highest BCUT2D eigenvalue weighted by Crippen LogP contribution is 2.19. The van der Waals surface area contributed by atoms with Crippen molar-refractivity contribution in [1.82, 2.24) is 9.78 Å². The first-order chi connectivity index (χ1) is 9.51. The fourth-order valence-corrected chi connectivity index (χ4v) is 1.86. The number of nitro benzene ring substituents is 1. The summed E-state index contributed by atoms with van der Waals surface area (Å²) in [5, 5.41) is 24.3. The van der Waals surface area contributed by atoms with Crippen LogP contribution >= 0.6 is 0 Å². The number of aromatic nitrogens is 2. The van der Waals surface area contributed by atoms with Gasteiger partial charge in [-0.2, -0.15) is 9.49 Å². The maximum Gasteiger partial charge on any atom is 0.304 e. The first kappa shape index (κ1) is 14.1. The van der Waals surface area contributed by atoms with Crippen molar-refractivity contribution < 1.29 is 14.4 Å². The Hall–Kier alpha value is -2.28. The Kier molecular flexibility index (Phi) is 4.09. The molecule has 0 saturated heterocycles. The Balaban J connectivity index is 2.16. The smallest absolute Gasteiger partial charge is 0.304 e. The summed E-state index contributed by atoms with van der Waals surface area (Å²) in [7, 11) is 0. The molecule has 106 valence electrons. The van der Waals surface area contributed by atoms with Gasteiger partial charge in [0.2, 0.25) is 5.82 Å². The summed E-state index contributed by atoms with van der Waals surface area (Å²) < 4.78 is 15.0. The molecule has 0 saturated carbocycles. The third kappa shape index (κ3) is 3.00. The summed E-state index contributed by atoms with van der Waals surface area (Å²) in [5.41, 5.74) is 0.708. The van der Waals surface area contributed by atoms with E-state index in [1.807, 2.05) is 6.92 Å². The fourth-order valence-electron chi connectivity index (χ4n) is 1.86. The Bertz CT molecular complexity index is 627. The van der Waals surface area contributed by atoms with Gasteiger partial charge < -0.3 is 5.11 Å². The molecule has 2 aromatic rings. The van der Waals surface area contributed by atoms with Crippen molar-refractivity contribution in [2.24, 2.45) is 0 Å². The van der Waals surface area contributed by atoms with Crippen molar-refractivity contribution in [3.8, 4) is 0 Å². The summed E-state index contributed by atoms with van der Waals surface area (Å²) in [6, 6.07) is 3.74. The number of hydrogen-bond acceptors (Lipinski definition) is 4. The van der Waals surface area contributed by atoms with Crippen molar-refractivity contribution in [2.45, 2.75) is 26.0 Å². The van der Waals surface area contributed by atoms with Crippen LogP contribution in [0.15, 0.2) is 30.6 Å². The van der Waals surface area contributed by atoms with E-state index in [1.54, 1.807) is 17.1 Å². The minimum absolute atomic E-state index is 0.283. The molecule has 0 radical (unpaired) electrons. The van der Waals surface area contributed by atoms with Gasteiger partial charge in [-0.05, 0) is 18.1 Å². The van der Waals surface area contributed by atoms with Crippen LogP contribution in [0.1, 0.15) is 30.6 Å². The zero-order chi connectivity index (χ0) is 14.7. The largest absolute Gasteiger partial charge is 0.388 e. The average Bonchev–Trinajstić information content (AvgIpc) is 2.86. The molecular formula is C13H14FN3O3. The summed E-state index contributed by atoms with van der Waals surface area (Å²) in [5.74, 6) is -0.867. The van der Waals surface area contributed by atoms with Crippen LogP contribution in [0.25, 0.3) is 0 Å². The normalized spacial score (nSPS) is 12.3. The molecule has 20 heavy (non-hydrogen) atoms. The quantitative estimate of drug-likeness (QED) is 0.673. The molecule has 2 rings (SSSR count). The maximum atomic E-state index is 13.5. The zero-order valence-electron chi connectivity index (χ0n) is 10.9. The highest BCUT2D eigenvalue weighted by Gasteiger charge is 2.14. The minimum Gasteiger partial charge on any atom is -0.388 e. The van der Waals surface area contributed by atoms with Crippen LogP contribution in [0.2, 0.25) is 0 Å². The van der Waals surface area contributed by atoms with Crippen LogP contribution in [0.3, 0.4) is 0 Å². The summed E-state index contributed by atoms with van der Waals surface area (Å²) >= 11 is 0. The van der Waals surface area contributed by atoms with Crippen LogP contribution in [0.5, 0.6) is 0 Å². The monoisotopic (exact) mass is 279 g/mol. The van der Waals surface area contributed by atoms with Gasteiger partial charge in [-0.3, -0.25) is 14.8 Å². The molecule has 1 atom stereocenters. The molecule has 0 fully saturated rings. The predicted octanol–water partition coefficient (Wildman–Crippen LogP) is 2.42. The second kappa shape index (κ2) is 5.79. The molecular weight excluding hydrogens is 265 g/mol. The van der Waals surface area contributed by atoms with Crippen molar-refractivity contribution in [1.29, 1.82) is 0 Å². The SMILES string of the molecule is CCC(O)c1cnn(Cc2ccc([N+](=O)[O-])c(F)c2)c1. The van der Waals surface area contributed by atoms with Gasteiger partial charge in [-0.15, -0.1) is 0 Å². The van der Waals surface area contributed by atoms with E-state index in [-0.39, 0.29) is 6.54 Å². The molecule has 0 aliphatic rings. The molecule has 0 aliphatic carbocycles. The van der Waals surface area contributed by atoms with Gasteiger partial charge in [0.25, 0.3) is 0 Å². The highest BCUT2D eigenvalue weighted by atomic mass is 19.1. The number of nitro groups is 1. The Morgan fingerprint density at radius 1 is 1.55 bits per heavy atom. The van der Waals surface area contributed by atoms with E-state index < -0.39 is 22.5 Å². The van der Waals surface area contributed by atoms with Crippen molar-refractivity contribution in [3.05, 3.63) is 57.7 Å². The molecule has 1 N–H and O–H groups in total. The molecule has 1 aromatic carbocycles. The van der Waals surface area contributed by atoms with Crippen LogP contribution in [0.4, 0.5) is 10.1 Å². The van der Waals surface area contributed by atoms with Gasteiger partial charge in [-0.1, -0.05) is 13.0 Å². The number of halogens is 1. The topological polar surface area (TPSA) is 81.2 Å². The lowest BCUT2D eigenvalue weighted by molar-refractivity contribution is -0.387. The molecule has 1 unspecified atom stereocenters. The van der Waals surface area contributed by atoms with E-state index in [4.69, 9.17) is 0 Å². The molecule has 7 heteroatoms. The van der Waals surface area contributed by atoms with Crippen molar-refractivity contribution >= 4 is 5.69 Å². The van der Waals surface area contributed by atoms with Gasteiger partial charge in [0.1, 0.15) is 0 Å². The first-order valence-electron chi connectivity index (χ1n) is 6.14. The number of aliphatic hydroxyl groups excluding tert-OH is 1. The van der Waals surface area contributed by atoms with E-state index >= 15 is 0 Å².